The van der Waals surface area contributed by atoms with Crippen LogP contribution in [0.3, 0.4) is 0 Å². The Bertz CT molecular complexity index is 1180. The molecule has 0 unspecified atom stereocenters. The maximum atomic E-state index is 12.3. The highest BCUT2D eigenvalue weighted by Crippen LogP contribution is 2.35. The van der Waals surface area contributed by atoms with E-state index in [0.717, 1.165) is 0 Å². The summed E-state index contributed by atoms with van der Waals surface area (Å²) in [5.74, 6) is -5.35. The van der Waals surface area contributed by atoms with Crippen molar-refractivity contribution < 1.29 is 57.2 Å². The van der Waals surface area contributed by atoms with E-state index < -0.39 is 60.9 Å². The quantitative estimate of drug-likeness (QED) is 0.121. The highest BCUT2D eigenvalue weighted by atomic mass is 35.5. The summed E-state index contributed by atoms with van der Waals surface area (Å²) in [6.07, 6.45) is -5.16. The van der Waals surface area contributed by atoms with Crippen LogP contribution in [0, 0.1) is 0 Å². The molecule has 0 bridgehead atoms. The van der Waals surface area contributed by atoms with E-state index in [1.807, 2.05) is 0 Å². The molecule has 1 aromatic carbocycles. The van der Waals surface area contributed by atoms with Crippen molar-refractivity contribution in [3.8, 4) is 5.75 Å². The minimum Gasteiger partial charge on any atom is -0.480 e. The van der Waals surface area contributed by atoms with Crippen LogP contribution < -0.4 is 4.74 Å². The van der Waals surface area contributed by atoms with Gasteiger partial charge in [0.2, 0.25) is 0 Å². The van der Waals surface area contributed by atoms with E-state index in [1.54, 1.807) is 13.8 Å². The fourth-order valence-corrected chi connectivity index (χ4v) is 3.26. The summed E-state index contributed by atoms with van der Waals surface area (Å²) in [6, 6.07) is 2.72. The summed E-state index contributed by atoms with van der Waals surface area (Å²) in [7, 11) is 0. The summed E-state index contributed by atoms with van der Waals surface area (Å²) >= 11 is 12.3. The van der Waals surface area contributed by atoms with Crippen LogP contribution in [0.15, 0.2) is 24.3 Å². The fraction of sp³-hybridized carbons (Fsp3) is 0.481. The van der Waals surface area contributed by atoms with Crippen LogP contribution in [0.4, 0.5) is 0 Å². The van der Waals surface area contributed by atoms with Gasteiger partial charge in [0.25, 0.3) is 0 Å². The lowest BCUT2D eigenvalue weighted by atomic mass is 10.0. The van der Waals surface area contributed by atoms with E-state index in [1.165, 1.54) is 39.8 Å². The van der Waals surface area contributed by atoms with Gasteiger partial charge in [0, 0.05) is 5.56 Å². The van der Waals surface area contributed by atoms with Crippen molar-refractivity contribution in [2.45, 2.75) is 72.4 Å². The molecule has 0 aliphatic heterocycles. The maximum Gasteiger partial charge on any atom is 0.347 e. The molecule has 0 saturated carbocycles. The molecule has 0 fully saturated rings. The molecule has 226 valence electrons. The Morgan fingerprint density at radius 2 is 1.20 bits per heavy atom. The lowest BCUT2D eigenvalue weighted by Gasteiger charge is -2.19. The minimum atomic E-state index is -1.48. The first-order chi connectivity index (χ1) is 19.1. The lowest BCUT2D eigenvalue weighted by Crippen LogP contribution is -2.37. The molecule has 0 aromatic heterocycles. The molecule has 41 heavy (non-hydrogen) atoms. The molecule has 14 heteroatoms. The van der Waals surface area contributed by atoms with E-state index in [4.69, 9.17) is 51.6 Å². The normalized spacial score (nSPS) is 13.5. The lowest BCUT2D eigenvalue weighted by molar-refractivity contribution is -0.185. The first-order valence-electron chi connectivity index (χ1n) is 12.4. The van der Waals surface area contributed by atoms with E-state index in [2.05, 4.69) is 6.58 Å². The number of benzene rings is 1. The number of halogens is 2. The van der Waals surface area contributed by atoms with Gasteiger partial charge in [-0.05, 0) is 58.7 Å². The highest BCUT2D eigenvalue weighted by molar-refractivity contribution is 6.45. The average molecular weight is 619 g/mol. The fourth-order valence-electron chi connectivity index (χ4n) is 2.80. The standard InChI is InChI=1S/C27H32Cl2O12/c1-8-13(3)23(31)18-10-11-19(22(29)21(18)28)37-12-20(30)38-15(5)25(33)40-17(7)27(35)41-16(6)26(34)39-14(4)24(32)36-9-2/h10-11,14-17H,3,8-9,12H2,1-2,4-7H3/t14-,15+,16-,17+/m0/s1. The van der Waals surface area contributed by atoms with Gasteiger partial charge in [-0.2, -0.15) is 0 Å². The Hall–Kier alpha value is -3.64. The van der Waals surface area contributed by atoms with E-state index in [9.17, 15) is 28.8 Å². The van der Waals surface area contributed by atoms with Crippen LogP contribution in [-0.4, -0.2) is 73.3 Å². The predicted octanol–water partition coefficient (Wildman–Crippen LogP) is 3.81. The highest BCUT2D eigenvalue weighted by Gasteiger charge is 2.30. The second kappa shape index (κ2) is 16.6. The van der Waals surface area contributed by atoms with Gasteiger partial charge in [0.15, 0.2) is 36.8 Å². The molecule has 0 saturated heterocycles. The van der Waals surface area contributed by atoms with E-state index in [-0.39, 0.29) is 33.7 Å². The third kappa shape index (κ3) is 10.7. The number of carbonyl (C=O) groups excluding carboxylic acids is 6. The molecular weight excluding hydrogens is 587 g/mol. The predicted molar refractivity (Wildman–Crippen MR) is 145 cm³/mol. The molecule has 1 aromatic rings. The number of rotatable bonds is 15. The first kappa shape index (κ1) is 35.4. The Labute approximate surface area is 247 Å². The van der Waals surface area contributed by atoms with Gasteiger partial charge in [0.05, 0.1) is 11.6 Å². The number of carbonyl (C=O) groups is 6. The maximum absolute atomic E-state index is 12.3. The van der Waals surface area contributed by atoms with Crippen LogP contribution in [0.1, 0.15) is 58.3 Å². The number of ether oxygens (including phenoxy) is 6. The Morgan fingerprint density at radius 1 is 0.732 bits per heavy atom. The molecule has 0 aliphatic rings. The molecule has 0 heterocycles. The number of allylic oxidation sites excluding steroid dienone is 1. The summed E-state index contributed by atoms with van der Waals surface area (Å²) in [5, 5.41) is -0.187. The number of Topliss-reactive ketones (excluding diaryl/α,β-unsaturated/α-hetero) is 1. The summed E-state index contributed by atoms with van der Waals surface area (Å²) in [4.78, 5) is 72.6. The van der Waals surface area contributed by atoms with Crippen molar-refractivity contribution in [3.63, 3.8) is 0 Å². The van der Waals surface area contributed by atoms with Gasteiger partial charge >= 0.3 is 29.8 Å². The molecule has 4 atom stereocenters. The molecule has 12 nitrogen and oxygen atoms in total. The molecule has 1 rings (SSSR count). The third-order valence-corrected chi connectivity index (χ3v) is 6.05. The van der Waals surface area contributed by atoms with Crippen molar-refractivity contribution in [3.05, 3.63) is 39.9 Å². The number of ketones is 1. The van der Waals surface area contributed by atoms with Crippen LogP contribution in [0.2, 0.25) is 10.0 Å². The summed E-state index contributed by atoms with van der Waals surface area (Å²) in [5.41, 5.74) is 0.460. The molecule has 0 aliphatic carbocycles. The van der Waals surface area contributed by atoms with Crippen LogP contribution in [0.5, 0.6) is 5.75 Å². The molecular formula is C27H32Cl2O12. The number of esters is 5. The van der Waals surface area contributed by atoms with Crippen molar-refractivity contribution in [2.75, 3.05) is 13.2 Å². The van der Waals surface area contributed by atoms with Gasteiger partial charge in [-0.25, -0.2) is 24.0 Å². The van der Waals surface area contributed by atoms with Crippen molar-refractivity contribution in [1.82, 2.24) is 0 Å². The van der Waals surface area contributed by atoms with E-state index in [0.29, 0.717) is 12.0 Å². The van der Waals surface area contributed by atoms with Gasteiger partial charge in [0.1, 0.15) is 10.8 Å². The second-order valence-electron chi connectivity index (χ2n) is 8.44. The smallest absolute Gasteiger partial charge is 0.347 e. The molecule has 0 N–H and O–H groups in total. The summed E-state index contributed by atoms with van der Waals surface area (Å²) < 4.78 is 29.7. The molecule has 0 amide bonds. The number of hydrogen-bond acceptors (Lipinski definition) is 12. The molecule has 0 spiro atoms. The zero-order valence-electron chi connectivity index (χ0n) is 23.4. The van der Waals surface area contributed by atoms with Crippen molar-refractivity contribution in [2.24, 2.45) is 0 Å². The largest absolute Gasteiger partial charge is 0.480 e. The summed E-state index contributed by atoms with van der Waals surface area (Å²) in [6.45, 7) is 11.3. The van der Waals surface area contributed by atoms with Crippen molar-refractivity contribution in [1.29, 1.82) is 0 Å². The van der Waals surface area contributed by atoms with Crippen molar-refractivity contribution >= 4 is 58.8 Å². The average Bonchev–Trinajstić information content (AvgIpc) is 2.92. The SMILES string of the molecule is C=C(CC)C(=O)c1ccc(OCC(=O)O[C@H](C)C(=O)O[C@H](C)C(=O)O[C@@H](C)C(=O)O[C@@H](C)C(=O)OCC)c(Cl)c1Cl. The Balaban J connectivity index is 2.60. The zero-order valence-corrected chi connectivity index (χ0v) is 25.0. The first-order valence-corrected chi connectivity index (χ1v) is 13.2. The van der Waals surface area contributed by atoms with Crippen LogP contribution in [-0.2, 0) is 47.7 Å². The van der Waals surface area contributed by atoms with Crippen LogP contribution in [0.25, 0.3) is 0 Å². The van der Waals surface area contributed by atoms with E-state index >= 15 is 0 Å². The topological polar surface area (TPSA) is 158 Å². The van der Waals surface area contributed by atoms with Gasteiger partial charge in [-0.15, -0.1) is 0 Å². The monoisotopic (exact) mass is 618 g/mol. The second-order valence-corrected chi connectivity index (χ2v) is 9.19. The molecule has 0 radical (unpaired) electrons. The zero-order chi connectivity index (χ0) is 31.4. The van der Waals surface area contributed by atoms with Crippen LogP contribution >= 0.6 is 23.2 Å². The van der Waals surface area contributed by atoms with Gasteiger partial charge in [-0.1, -0.05) is 36.7 Å². The van der Waals surface area contributed by atoms with Gasteiger partial charge in [-0.3, -0.25) is 4.79 Å². The Morgan fingerprint density at radius 3 is 1.66 bits per heavy atom. The minimum absolute atomic E-state index is 0.0110. The number of hydrogen-bond donors (Lipinski definition) is 0. The Kier molecular flexibility index (Phi) is 14.3. The van der Waals surface area contributed by atoms with Gasteiger partial charge < -0.3 is 28.4 Å². The third-order valence-electron chi connectivity index (χ3n) is 5.19.